The smallest absolute Gasteiger partial charge is 0.322 e. The summed E-state index contributed by atoms with van der Waals surface area (Å²) < 4.78 is 0. The van der Waals surface area contributed by atoms with E-state index in [1.807, 2.05) is 71.6 Å². The average Bonchev–Trinajstić information content (AvgIpc) is 2.65. The Bertz CT molecular complexity index is 770. The number of carbonyl (C=O) groups excluding carboxylic acids is 1. The molecule has 2 N–H and O–H groups in total. The van der Waals surface area contributed by atoms with Crippen LogP contribution in [0.1, 0.15) is 11.1 Å². The molecule has 6 nitrogen and oxygen atoms in total. The van der Waals surface area contributed by atoms with Gasteiger partial charge >= 0.3 is 5.97 Å². The summed E-state index contributed by atoms with van der Waals surface area (Å²) in [6.45, 7) is 0.482. The second-order valence-electron chi connectivity index (χ2n) is 5.61. The highest BCUT2D eigenvalue weighted by atomic mass is 16.4. The molecule has 0 aliphatic heterocycles. The van der Waals surface area contributed by atoms with Crippen molar-refractivity contribution in [1.82, 2.24) is 10.2 Å². The zero-order valence-corrected chi connectivity index (χ0v) is 14.1. The molecule has 2 aromatic rings. The molecular formula is C20H19N3O3. The molecule has 0 aromatic heterocycles. The van der Waals surface area contributed by atoms with Crippen molar-refractivity contribution < 1.29 is 14.7 Å². The fourth-order valence-electron chi connectivity index (χ4n) is 2.36. The van der Waals surface area contributed by atoms with Crippen LogP contribution in [-0.4, -0.2) is 28.4 Å². The number of carboxylic acid groups (broad SMARTS) is 1. The summed E-state index contributed by atoms with van der Waals surface area (Å²) in [5.41, 5.74) is 1.92. The van der Waals surface area contributed by atoms with Gasteiger partial charge in [0.15, 0.2) is 0 Å². The largest absolute Gasteiger partial charge is 0.480 e. The monoisotopic (exact) mass is 349 g/mol. The van der Waals surface area contributed by atoms with Gasteiger partial charge in [-0.05, 0) is 11.1 Å². The van der Waals surface area contributed by atoms with Crippen molar-refractivity contribution in [1.29, 1.82) is 5.26 Å². The van der Waals surface area contributed by atoms with Gasteiger partial charge in [0, 0.05) is 19.3 Å². The number of carboxylic acids is 1. The predicted octanol–water partition coefficient (Wildman–Crippen LogP) is 2.30. The van der Waals surface area contributed by atoms with E-state index < -0.39 is 18.4 Å². The quantitative estimate of drug-likeness (QED) is 0.563. The third-order valence-electron chi connectivity index (χ3n) is 3.53. The van der Waals surface area contributed by atoms with E-state index in [9.17, 15) is 14.9 Å². The van der Waals surface area contributed by atoms with Gasteiger partial charge in [0.25, 0.3) is 5.91 Å². The van der Waals surface area contributed by atoms with Crippen molar-refractivity contribution in [2.75, 3.05) is 6.54 Å². The topological polar surface area (TPSA) is 93.4 Å². The zero-order chi connectivity index (χ0) is 18.8. The van der Waals surface area contributed by atoms with Gasteiger partial charge in [0.1, 0.15) is 18.2 Å². The number of benzene rings is 2. The Hall–Kier alpha value is -3.59. The molecule has 0 bridgehead atoms. The maximum Gasteiger partial charge on any atom is 0.322 e. The van der Waals surface area contributed by atoms with Gasteiger partial charge in [-0.1, -0.05) is 60.7 Å². The number of hydrogen-bond acceptors (Lipinski definition) is 4. The van der Waals surface area contributed by atoms with Crippen molar-refractivity contribution in [3.63, 3.8) is 0 Å². The summed E-state index contributed by atoms with van der Waals surface area (Å²) in [6.07, 6.45) is 1.47. The Morgan fingerprint density at radius 3 is 1.92 bits per heavy atom. The summed E-state index contributed by atoms with van der Waals surface area (Å²) in [4.78, 5) is 24.5. The maximum absolute atomic E-state index is 12.0. The summed E-state index contributed by atoms with van der Waals surface area (Å²) in [7, 11) is 0. The minimum Gasteiger partial charge on any atom is -0.480 e. The molecule has 2 aromatic carbocycles. The molecule has 0 aliphatic rings. The lowest BCUT2D eigenvalue weighted by Gasteiger charge is -2.21. The number of nitriles is 1. The molecule has 132 valence electrons. The van der Waals surface area contributed by atoms with Gasteiger partial charge < -0.3 is 15.3 Å². The van der Waals surface area contributed by atoms with Crippen LogP contribution in [0.3, 0.4) is 0 Å². The fourth-order valence-corrected chi connectivity index (χ4v) is 2.36. The molecule has 0 saturated heterocycles. The summed E-state index contributed by atoms with van der Waals surface area (Å²) >= 11 is 0. The fraction of sp³-hybridized carbons (Fsp3) is 0.150. The van der Waals surface area contributed by atoms with Gasteiger partial charge in [-0.25, -0.2) is 0 Å². The molecule has 0 radical (unpaired) electrons. The van der Waals surface area contributed by atoms with E-state index in [-0.39, 0.29) is 5.57 Å². The third kappa shape index (κ3) is 6.13. The predicted molar refractivity (Wildman–Crippen MR) is 96.5 cm³/mol. The van der Waals surface area contributed by atoms with Crippen LogP contribution in [0, 0.1) is 11.3 Å². The molecule has 0 saturated carbocycles. The van der Waals surface area contributed by atoms with Crippen molar-refractivity contribution >= 4 is 11.9 Å². The molecule has 26 heavy (non-hydrogen) atoms. The first-order valence-electron chi connectivity index (χ1n) is 8.02. The van der Waals surface area contributed by atoms with Crippen molar-refractivity contribution in [3.05, 3.63) is 83.6 Å². The molecule has 0 aliphatic carbocycles. The highest BCUT2D eigenvalue weighted by Gasteiger charge is 2.13. The Balaban J connectivity index is 2.21. The normalized spacial score (nSPS) is 10.7. The molecule has 0 fully saturated rings. The van der Waals surface area contributed by atoms with E-state index in [2.05, 4.69) is 5.32 Å². The number of aliphatic carboxylic acids is 1. The van der Waals surface area contributed by atoms with Crippen LogP contribution in [0.5, 0.6) is 0 Å². The summed E-state index contributed by atoms with van der Waals surface area (Å²) in [5.74, 6) is -1.87. The van der Waals surface area contributed by atoms with Crippen LogP contribution in [0.4, 0.5) is 0 Å². The first kappa shape index (κ1) is 18.7. The van der Waals surface area contributed by atoms with Crippen molar-refractivity contribution in [2.45, 2.75) is 13.1 Å². The summed E-state index contributed by atoms with van der Waals surface area (Å²) in [5, 5.41) is 20.2. The Morgan fingerprint density at radius 2 is 1.50 bits per heavy atom. The number of amides is 1. The lowest BCUT2D eigenvalue weighted by molar-refractivity contribution is -0.137. The Labute approximate surface area is 152 Å². The molecule has 6 heteroatoms. The van der Waals surface area contributed by atoms with Crippen LogP contribution in [-0.2, 0) is 22.7 Å². The Morgan fingerprint density at radius 1 is 1.00 bits per heavy atom. The van der Waals surface area contributed by atoms with E-state index in [1.54, 1.807) is 0 Å². The molecule has 2 rings (SSSR count). The number of nitrogens with one attached hydrogen (secondary N) is 1. The minimum absolute atomic E-state index is 0.141. The Kier molecular flexibility index (Phi) is 6.95. The van der Waals surface area contributed by atoms with Gasteiger partial charge in [-0.3, -0.25) is 9.59 Å². The van der Waals surface area contributed by atoms with Gasteiger partial charge in [0.2, 0.25) is 0 Å². The molecule has 0 unspecified atom stereocenters. The van der Waals surface area contributed by atoms with Crippen LogP contribution >= 0.6 is 0 Å². The van der Waals surface area contributed by atoms with Crippen molar-refractivity contribution in [3.8, 4) is 6.07 Å². The van der Waals surface area contributed by atoms with E-state index in [4.69, 9.17) is 5.11 Å². The minimum atomic E-state index is -1.17. The number of carbonyl (C=O) groups is 2. The standard InChI is InChI=1S/C20H19N3O3/c21-11-18(20(26)22-12-19(24)25)15-23(13-16-7-3-1-4-8-16)14-17-9-5-2-6-10-17/h1-10,15H,12-14H2,(H,22,26)(H,24,25)/b18-15-. The number of hydrogen-bond donors (Lipinski definition) is 2. The highest BCUT2D eigenvalue weighted by molar-refractivity contribution is 5.98. The SMILES string of the molecule is N#C/C(=C/N(Cc1ccccc1)Cc1ccccc1)C(=O)NCC(=O)O. The highest BCUT2D eigenvalue weighted by Crippen LogP contribution is 2.12. The van der Waals surface area contributed by atoms with Gasteiger partial charge in [-0.2, -0.15) is 5.26 Å². The maximum atomic E-state index is 12.0. The van der Waals surface area contributed by atoms with Gasteiger partial charge in [0.05, 0.1) is 0 Å². The van der Waals surface area contributed by atoms with E-state index in [1.165, 1.54) is 6.20 Å². The molecule has 1 amide bonds. The van der Waals surface area contributed by atoms with Crippen LogP contribution in [0.2, 0.25) is 0 Å². The number of nitrogens with zero attached hydrogens (tertiary/aromatic N) is 2. The summed E-state index contributed by atoms with van der Waals surface area (Å²) in [6, 6.07) is 21.2. The molecule has 0 heterocycles. The van der Waals surface area contributed by atoms with Crippen LogP contribution in [0.15, 0.2) is 72.4 Å². The lowest BCUT2D eigenvalue weighted by atomic mass is 10.1. The van der Waals surface area contributed by atoms with E-state index in [0.717, 1.165) is 11.1 Å². The average molecular weight is 349 g/mol. The second-order valence-corrected chi connectivity index (χ2v) is 5.61. The number of rotatable bonds is 8. The second kappa shape index (κ2) is 9.64. The molecular weight excluding hydrogens is 330 g/mol. The van der Waals surface area contributed by atoms with Crippen LogP contribution in [0.25, 0.3) is 0 Å². The first-order chi connectivity index (χ1) is 12.6. The molecule has 0 spiro atoms. The van der Waals surface area contributed by atoms with Crippen LogP contribution < -0.4 is 5.32 Å². The van der Waals surface area contributed by atoms with E-state index >= 15 is 0 Å². The van der Waals surface area contributed by atoms with E-state index in [0.29, 0.717) is 13.1 Å². The van der Waals surface area contributed by atoms with Gasteiger partial charge in [-0.15, -0.1) is 0 Å². The molecule has 0 atom stereocenters. The lowest BCUT2D eigenvalue weighted by Crippen LogP contribution is -2.31. The third-order valence-corrected chi connectivity index (χ3v) is 3.53. The first-order valence-corrected chi connectivity index (χ1v) is 8.02. The zero-order valence-electron chi connectivity index (χ0n) is 14.1. The van der Waals surface area contributed by atoms with Crippen molar-refractivity contribution in [2.24, 2.45) is 0 Å².